The molecule has 1 aliphatic carbocycles. The van der Waals surface area contributed by atoms with E-state index in [4.69, 9.17) is 0 Å². The van der Waals surface area contributed by atoms with Crippen molar-refractivity contribution >= 4 is 0 Å². The van der Waals surface area contributed by atoms with Gasteiger partial charge in [0.2, 0.25) is 0 Å². The zero-order valence-corrected chi connectivity index (χ0v) is 9.24. The number of hydrogen-bond donors (Lipinski definition) is 3. The molecule has 0 saturated heterocycles. The van der Waals surface area contributed by atoms with Crippen molar-refractivity contribution in [1.82, 2.24) is 5.32 Å². The van der Waals surface area contributed by atoms with Crippen molar-refractivity contribution in [3.63, 3.8) is 0 Å². The first-order valence-corrected chi connectivity index (χ1v) is 5.70. The molecule has 0 aromatic rings. The average molecular weight is 201 g/mol. The molecule has 3 nitrogen and oxygen atoms in total. The smallest absolute Gasteiger partial charge is 0.0693 e. The van der Waals surface area contributed by atoms with Crippen LogP contribution in [0.5, 0.6) is 0 Å². The minimum Gasteiger partial charge on any atom is -0.392 e. The van der Waals surface area contributed by atoms with Crippen molar-refractivity contribution in [3.8, 4) is 0 Å². The monoisotopic (exact) mass is 201 g/mol. The number of rotatable bonds is 4. The molecular formula is C11H23NO2. The fraction of sp³-hybridized carbons (Fsp3) is 1.00. The Morgan fingerprint density at radius 3 is 2.50 bits per heavy atom. The molecule has 1 saturated carbocycles. The van der Waals surface area contributed by atoms with Crippen LogP contribution in [0.2, 0.25) is 0 Å². The van der Waals surface area contributed by atoms with Gasteiger partial charge in [0, 0.05) is 12.6 Å². The molecule has 3 atom stereocenters. The van der Waals surface area contributed by atoms with Gasteiger partial charge in [-0.1, -0.05) is 26.7 Å². The Morgan fingerprint density at radius 1 is 1.29 bits per heavy atom. The van der Waals surface area contributed by atoms with Crippen LogP contribution in [-0.4, -0.2) is 35.0 Å². The molecule has 0 radical (unpaired) electrons. The zero-order chi connectivity index (χ0) is 10.6. The Balaban J connectivity index is 2.22. The van der Waals surface area contributed by atoms with Gasteiger partial charge >= 0.3 is 0 Å². The molecule has 0 spiro atoms. The second kappa shape index (κ2) is 5.69. The maximum Gasteiger partial charge on any atom is 0.0693 e. The lowest BCUT2D eigenvalue weighted by Crippen LogP contribution is -2.45. The van der Waals surface area contributed by atoms with Crippen LogP contribution in [-0.2, 0) is 0 Å². The van der Waals surface area contributed by atoms with E-state index >= 15 is 0 Å². The van der Waals surface area contributed by atoms with Gasteiger partial charge in [0.1, 0.15) is 0 Å². The minimum atomic E-state index is -0.302. The first-order chi connectivity index (χ1) is 6.61. The maximum atomic E-state index is 9.68. The lowest BCUT2D eigenvalue weighted by molar-refractivity contribution is 0.0705. The summed E-state index contributed by atoms with van der Waals surface area (Å²) in [6, 6.07) is 0.192. The van der Waals surface area contributed by atoms with Gasteiger partial charge in [-0.05, 0) is 18.8 Å². The second-order valence-electron chi connectivity index (χ2n) is 4.68. The van der Waals surface area contributed by atoms with Gasteiger partial charge in [-0.2, -0.15) is 0 Å². The highest BCUT2D eigenvalue weighted by Crippen LogP contribution is 2.18. The first-order valence-electron chi connectivity index (χ1n) is 5.70. The summed E-state index contributed by atoms with van der Waals surface area (Å²) in [4.78, 5) is 0. The third-order valence-electron chi connectivity index (χ3n) is 3.09. The van der Waals surface area contributed by atoms with Gasteiger partial charge in [0.05, 0.1) is 12.2 Å². The van der Waals surface area contributed by atoms with Crippen molar-refractivity contribution in [3.05, 3.63) is 0 Å². The summed E-state index contributed by atoms with van der Waals surface area (Å²) in [6.07, 6.45) is 3.73. The summed E-state index contributed by atoms with van der Waals surface area (Å²) >= 11 is 0. The molecule has 0 aromatic carbocycles. The SMILES string of the molecule is CC(C)C(O)CN[C@@H]1CCCC[C@H]1O. The van der Waals surface area contributed by atoms with E-state index in [1.807, 2.05) is 13.8 Å². The normalized spacial score (nSPS) is 30.6. The van der Waals surface area contributed by atoms with Crippen LogP contribution in [0.4, 0.5) is 0 Å². The predicted molar refractivity (Wildman–Crippen MR) is 57.1 cm³/mol. The van der Waals surface area contributed by atoms with E-state index in [9.17, 15) is 10.2 Å². The lowest BCUT2D eigenvalue weighted by Gasteiger charge is -2.29. The first kappa shape index (κ1) is 12.0. The fourth-order valence-electron chi connectivity index (χ4n) is 1.86. The van der Waals surface area contributed by atoms with Gasteiger partial charge in [-0.25, -0.2) is 0 Å². The Labute approximate surface area is 86.5 Å². The number of hydrogen-bond acceptors (Lipinski definition) is 3. The van der Waals surface area contributed by atoms with Crippen LogP contribution < -0.4 is 5.32 Å². The van der Waals surface area contributed by atoms with E-state index in [1.165, 1.54) is 6.42 Å². The zero-order valence-electron chi connectivity index (χ0n) is 9.24. The predicted octanol–water partition coefficient (Wildman–Crippen LogP) is 0.896. The van der Waals surface area contributed by atoms with E-state index < -0.39 is 0 Å². The average Bonchev–Trinajstić information content (AvgIpc) is 2.16. The largest absolute Gasteiger partial charge is 0.392 e. The Hall–Kier alpha value is -0.120. The summed E-state index contributed by atoms with van der Waals surface area (Å²) < 4.78 is 0. The third kappa shape index (κ3) is 3.56. The number of aliphatic hydroxyl groups is 2. The molecular weight excluding hydrogens is 178 g/mol. The molecule has 0 aromatic heterocycles. The maximum absolute atomic E-state index is 9.68. The Bertz CT molecular complexity index is 161. The molecule has 84 valence electrons. The molecule has 0 heterocycles. The molecule has 3 N–H and O–H groups in total. The van der Waals surface area contributed by atoms with Crippen LogP contribution in [0.1, 0.15) is 39.5 Å². The van der Waals surface area contributed by atoms with E-state index in [2.05, 4.69) is 5.32 Å². The van der Waals surface area contributed by atoms with E-state index in [0.717, 1.165) is 19.3 Å². The third-order valence-corrected chi connectivity index (χ3v) is 3.09. The van der Waals surface area contributed by atoms with Crippen LogP contribution in [0, 0.1) is 5.92 Å². The molecule has 1 unspecified atom stereocenters. The van der Waals surface area contributed by atoms with Crippen LogP contribution in [0.15, 0.2) is 0 Å². The quantitative estimate of drug-likeness (QED) is 0.633. The van der Waals surface area contributed by atoms with Crippen LogP contribution in [0.3, 0.4) is 0 Å². The Morgan fingerprint density at radius 2 is 1.93 bits per heavy atom. The summed E-state index contributed by atoms with van der Waals surface area (Å²) in [7, 11) is 0. The topological polar surface area (TPSA) is 52.5 Å². The van der Waals surface area contributed by atoms with E-state index in [-0.39, 0.29) is 24.2 Å². The summed E-state index contributed by atoms with van der Waals surface area (Å²) in [6.45, 7) is 4.60. The van der Waals surface area contributed by atoms with E-state index in [0.29, 0.717) is 6.54 Å². The van der Waals surface area contributed by atoms with Gasteiger partial charge in [-0.3, -0.25) is 0 Å². The number of nitrogens with one attached hydrogen (secondary N) is 1. The standard InChI is InChI=1S/C11H23NO2/c1-8(2)11(14)7-12-9-5-3-4-6-10(9)13/h8-14H,3-7H2,1-2H3/t9-,10-,11?/m1/s1. The molecule has 0 amide bonds. The van der Waals surface area contributed by atoms with Crippen molar-refractivity contribution in [2.75, 3.05) is 6.54 Å². The van der Waals surface area contributed by atoms with Gasteiger partial charge in [-0.15, -0.1) is 0 Å². The van der Waals surface area contributed by atoms with Crippen LogP contribution in [0.25, 0.3) is 0 Å². The molecule has 14 heavy (non-hydrogen) atoms. The fourth-order valence-corrected chi connectivity index (χ4v) is 1.86. The summed E-state index contributed by atoms with van der Waals surface area (Å²) in [5.41, 5.74) is 0. The van der Waals surface area contributed by atoms with Crippen LogP contribution >= 0.6 is 0 Å². The van der Waals surface area contributed by atoms with Gasteiger partial charge < -0.3 is 15.5 Å². The molecule has 3 heteroatoms. The summed E-state index contributed by atoms with van der Waals surface area (Å²) in [5, 5.41) is 22.5. The molecule has 0 bridgehead atoms. The minimum absolute atomic E-state index is 0.192. The highest BCUT2D eigenvalue weighted by atomic mass is 16.3. The van der Waals surface area contributed by atoms with Crippen molar-refractivity contribution in [2.45, 2.75) is 57.8 Å². The highest BCUT2D eigenvalue weighted by molar-refractivity contribution is 4.81. The Kier molecular flexibility index (Phi) is 4.85. The molecule has 1 rings (SSSR count). The molecule has 1 aliphatic rings. The van der Waals surface area contributed by atoms with Crippen molar-refractivity contribution in [1.29, 1.82) is 0 Å². The number of aliphatic hydroxyl groups excluding tert-OH is 2. The van der Waals surface area contributed by atoms with Gasteiger partial charge in [0.25, 0.3) is 0 Å². The molecule has 1 fully saturated rings. The lowest BCUT2D eigenvalue weighted by atomic mass is 9.92. The summed E-state index contributed by atoms with van der Waals surface area (Å²) in [5.74, 6) is 0.281. The highest BCUT2D eigenvalue weighted by Gasteiger charge is 2.23. The van der Waals surface area contributed by atoms with E-state index in [1.54, 1.807) is 0 Å². The van der Waals surface area contributed by atoms with Crippen molar-refractivity contribution < 1.29 is 10.2 Å². The molecule has 0 aliphatic heterocycles. The second-order valence-corrected chi connectivity index (χ2v) is 4.68. The van der Waals surface area contributed by atoms with Gasteiger partial charge in [0.15, 0.2) is 0 Å². The van der Waals surface area contributed by atoms with Crippen molar-refractivity contribution in [2.24, 2.45) is 5.92 Å².